The molecule has 0 N–H and O–H groups in total. The maximum Gasteiger partial charge on any atom is 0.242 e. The van der Waals surface area contributed by atoms with Crippen LogP contribution in [-0.4, -0.2) is 25.1 Å². The predicted molar refractivity (Wildman–Crippen MR) is 32.7 cm³/mol. The number of rotatable bonds is 1. The van der Waals surface area contributed by atoms with Crippen LogP contribution >= 0.6 is 12.4 Å². The quantitative estimate of drug-likeness (QED) is 0.494. The Hall–Kier alpha value is -0.280. The Balaban J connectivity index is 0. The Labute approximate surface area is 55.0 Å². The molecule has 0 aromatic rings. The molecule has 3 nitrogen and oxygen atoms in total. The molecule has 4 heteroatoms. The second kappa shape index (κ2) is 4.87. The smallest absolute Gasteiger partial charge is 0.242 e. The maximum atomic E-state index is 10.2. The summed E-state index contributed by atoms with van der Waals surface area (Å²) in [5.74, 6) is -0.0949. The van der Waals surface area contributed by atoms with Crippen LogP contribution in [0.3, 0.4) is 0 Å². The molecule has 0 bridgehead atoms. The van der Waals surface area contributed by atoms with Crippen LogP contribution in [0.4, 0.5) is 0 Å². The van der Waals surface area contributed by atoms with Crippen LogP contribution in [0.5, 0.6) is 0 Å². The number of amides is 1. The minimum absolute atomic E-state index is 0. The van der Waals surface area contributed by atoms with Crippen molar-refractivity contribution in [3.63, 3.8) is 0 Å². The summed E-state index contributed by atoms with van der Waals surface area (Å²) in [7, 11) is 3.00. The molecule has 8 heavy (non-hydrogen) atoms. The summed E-state index contributed by atoms with van der Waals surface area (Å²) in [6.07, 6.45) is 0. The molecule has 0 saturated heterocycles. The summed E-state index contributed by atoms with van der Waals surface area (Å²) in [5.41, 5.74) is 0. The lowest BCUT2D eigenvalue weighted by atomic mass is 10.7. The van der Waals surface area contributed by atoms with Gasteiger partial charge < -0.3 is 0 Å². The average Bonchev–Trinajstić information content (AvgIpc) is 1.65. The van der Waals surface area contributed by atoms with Crippen molar-refractivity contribution in [1.82, 2.24) is 5.06 Å². The monoisotopic (exact) mass is 139 g/mol. The molecular weight excluding hydrogens is 130 g/mol. The van der Waals surface area contributed by atoms with E-state index < -0.39 is 0 Å². The Morgan fingerprint density at radius 1 is 1.62 bits per heavy atom. The van der Waals surface area contributed by atoms with E-state index in [0.717, 1.165) is 5.06 Å². The molecule has 0 unspecified atom stereocenters. The third-order valence-electron chi connectivity index (χ3n) is 0.717. The summed E-state index contributed by atoms with van der Waals surface area (Å²) in [6, 6.07) is 0. The van der Waals surface area contributed by atoms with Crippen molar-refractivity contribution in [2.45, 2.75) is 6.92 Å². The van der Waals surface area contributed by atoms with Gasteiger partial charge in [0.25, 0.3) is 0 Å². The number of hydrogen-bond acceptors (Lipinski definition) is 2. The number of halogens is 1. The number of carbonyl (C=O) groups excluding carboxylic acids is 1. The first-order valence-corrected chi connectivity index (χ1v) is 1.97. The second-order valence-corrected chi connectivity index (χ2v) is 1.20. The highest BCUT2D eigenvalue weighted by molar-refractivity contribution is 5.85. The molecule has 0 aliphatic heterocycles. The minimum atomic E-state index is -0.0949. The van der Waals surface area contributed by atoms with Crippen molar-refractivity contribution in [2.24, 2.45) is 0 Å². The first-order valence-electron chi connectivity index (χ1n) is 1.97. The predicted octanol–water partition coefficient (Wildman–Crippen LogP) is 0.448. The van der Waals surface area contributed by atoms with Gasteiger partial charge in [-0.05, 0) is 0 Å². The fourth-order valence-corrected chi connectivity index (χ4v) is 0.129. The van der Waals surface area contributed by atoms with E-state index in [1.54, 1.807) is 7.05 Å². The van der Waals surface area contributed by atoms with Crippen molar-refractivity contribution < 1.29 is 9.63 Å². The van der Waals surface area contributed by atoms with Crippen LogP contribution < -0.4 is 0 Å². The van der Waals surface area contributed by atoms with Gasteiger partial charge in [0, 0.05) is 14.0 Å². The average molecular weight is 140 g/mol. The fourth-order valence-electron chi connectivity index (χ4n) is 0.129. The van der Waals surface area contributed by atoms with Crippen LogP contribution in [-0.2, 0) is 9.63 Å². The van der Waals surface area contributed by atoms with Gasteiger partial charge in [-0.25, -0.2) is 5.06 Å². The van der Waals surface area contributed by atoms with Crippen LogP contribution in [0.1, 0.15) is 6.92 Å². The van der Waals surface area contributed by atoms with E-state index in [2.05, 4.69) is 4.84 Å². The van der Waals surface area contributed by atoms with E-state index in [9.17, 15) is 4.79 Å². The third-order valence-corrected chi connectivity index (χ3v) is 0.717. The van der Waals surface area contributed by atoms with Crippen molar-refractivity contribution in [2.75, 3.05) is 14.2 Å². The van der Waals surface area contributed by atoms with Crippen molar-refractivity contribution in [1.29, 1.82) is 0 Å². The first kappa shape index (κ1) is 10.7. The standard InChI is InChI=1S/C4H9NO2.ClH/c1-4(6)5(2)7-3;/h1-3H3;1H. The molecule has 0 heterocycles. The molecule has 0 rings (SSSR count). The molecule has 0 atom stereocenters. The van der Waals surface area contributed by atoms with E-state index in [1.165, 1.54) is 14.0 Å². The SMILES string of the molecule is CON(C)C(C)=O.Cl. The highest BCUT2D eigenvalue weighted by Gasteiger charge is 1.94. The Morgan fingerprint density at radius 2 is 2.00 bits per heavy atom. The van der Waals surface area contributed by atoms with E-state index in [1.807, 2.05) is 0 Å². The highest BCUT2D eigenvalue weighted by Crippen LogP contribution is 1.78. The lowest BCUT2D eigenvalue weighted by Crippen LogP contribution is -2.21. The zero-order valence-electron chi connectivity index (χ0n) is 5.17. The summed E-state index contributed by atoms with van der Waals surface area (Å²) in [6.45, 7) is 1.43. The zero-order valence-corrected chi connectivity index (χ0v) is 5.99. The molecule has 0 radical (unpaired) electrons. The highest BCUT2D eigenvalue weighted by atomic mass is 35.5. The van der Waals surface area contributed by atoms with Gasteiger partial charge >= 0.3 is 0 Å². The molecule has 0 aliphatic rings. The van der Waals surface area contributed by atoms with Crippen LogP contribution in [0.25, 0.3) is 0 Å². The van der Waals surface area contributed by atoms with E-state index >= 15 is 0 Å². The molecule has 0 aromatic heterocycles. The summed E-state index contributed by atoms with van der Waals surface area (Å²) in [5, 5.41) is 1.15. The fraction of sp³-hybridized carbons (Fsp3) is 0.750. The van der Waals surface area contributed by atoms with Crippen molar-refractivity contribution in [3.05, 3.63) is 0 Å². The zero-order chi connectivity index (χ0) is 5.86. The Bertz CT molecular complexity index is 76.4. The number of carbonyl (C=O) groups is 1. The van der Waals surface area contributed by atoms with Gasteiger partial charge in [-0.3, -0.25) is 9.63 Å². The molecule has 0 aliphatic carbocycles. The molecule has 1 amide bonds. The Morgan fingerprint density at radius 3 is 2.00 bits per heavy atom. The lowest BCUT2D eigenvalue weighted by molar-refractivity contribution is -0.165. The van der Waals surface area contributed by atoms with Gasteiger partial charge in [-0.1, -0.05) is 0 Å². The number of hydrogen-bond donors (Lipinski definition) is 0. The third kappa shape index (κ3) is 3.89. The van der Waals surface area contributed by atoms with Gasteiger partial charge in [-0.15, -0.1) is 12.4 Å². The van der Waals surface area contributed by atoms with Crippen LogP contribution in [0.15, 0.2) is 0 Å². The molecule has 0 saturated carbocycles. The Kier molecular flexibility index (Phi) is 6.48. The van der Waals surface area contributed by atoms with Crippen molar-refractivity contribution >= 4 is 18.3 Å². The second-order valence-electron chi connectivity index (χ2n) is 1.20. The van der Waals surface area contributed by atoms with Crippen LogP contribution in [0.2, 0.25) is 0 Å². The van der Waals surface area contributed by atoms with Gasteiger partial charge in [0.15, 0.2) is 0 Å². The summed E-state index contributed by atoms with van der Waals surface area (Å²) < 4.78 is 0. The normalized spacial score (nSPS) is 7.38. The van der Waals surface area contributed by atoms with Crippen LogP contribution in [0, 0.1) is 0 Å². The molecule has 0 aromatic carbocycles. The minimum Gasteiger partial charge on any atom is -0.275 e. The summed E-state index contributed by atoms with van der Waals surface area (Å²) in [4.78, 5) is 14.7. The topological polar surface area (TPSA) is 29.5 Å². The van der Waals surface area contributed by atoms with E-state index in [4.69, 9.17) is 0 Å². The molecule has 0 fully saturated rings. The van der Waals surface area contributed by atoms with Gasteiger partial charge in [0.05, 0.1) is 7.11 Å². The number of nitrogens with zero attached hydrogens (tertiary/aromatic N) is 1. The molecule has 50 valence electrons. The maximum absolute atomic E-state index is 10.2. The molecular formula is C4H10ClNO2. The van der Waals surface area contributed by atoms with E-state index in [0.29, 0.717) is 0 Å². The first-order chi connectivity index (χ1) is 3.18. The van der Waals surface area contributed by atoms with Crippen molar-refractivity contribution in [3.8, 4) is 0 Å². The number of hydroxylamine groups is 2. The largest absolute Gasteiger partial charge is 0.275 e. The van der Waals surface area contributed by atoms with Gasteiger partial charge in [0.2, 0.25) is 5.91 Å². The molecule has 0 spiro atoms. The van der Waals surface area contributed by atoms with E-state index in [-0.39, 0.29) is 18.3 Å². The lowest BCUT2D eigenvalue weighted by Gasteiger charge is -2.08. The summed E-state index contributed by atoms with van der Waals surface area (Å²) >= 11 is 0. The van der Waals surface area contributed by atoms with Gasteiger partial charge in [-0.2, -0.15) is 0 Å². The van der Waals surface area contributed by atoms with Gasteiger partial charge in [0.1, 0.15) is 0 Å².